The van der Waals surface area contributed by atoms with Crippen LogP contribution in [-0.2, 0) is 9.53 Å². The molecule has 6 atom stereocenters. The van der Waals surface area contributed by atoms with Crippen LogP contribution in [0.4, 0.5) is 0 Å². The minimum atomic E-state index is -0.676. The number of ether oxygens (including phenoxy) is 1. The number of nitrogens with zero attached hydrogens (tertiary/aromatic N) is 1. The Labute approximate surface area is 98.6 Å². The van der Waals surface area contributed by atoms with Crippen LogP contribution < -0.4 is 0 Å². The third-order valence-corrected chi connectivity index (χ3v) is 5.32. The van der Waals surface area contributed by atoms with E-state index in [1.165, 1.54) is 0 Å². The van der Waals surface area contributed by atoms with Crippen molar-refractivity contribution in [1.29, 1.82) is 0 Å². The Morgan fingerprint density at radius 1 is 1.62 bits per heavy atom. The number of fused-ring (bicyclic) bond motifs is 1. The van der Waals surface area contributed by atoms with Crippen LogP contribution in [0, 0.1) is 5.92 Å². The summed E-state index contributed by atoms with van der Waals surface area (Å²) in [6.45, 7) is 7.52. The van der Waals surface area contributed by atoms with Crippen molar-refractivity contribution in [2.75, 3.05) is 0 Å². The van der Waals surface area contributed by atoms with E-state index in [-0.39, 0.29) is 17.9 Å². The topological polar surface area (TPSA) is 49.8 Å². The van der Waals surface area contributed by atoms with E-state index in [2.05, 4.69) is 9.39 Å². The lowest BCUT2D eigenvalue weighted by atomic mass is 9.75. The quantitative estimate of drug-likeness (QED) is 0.699. The van der Waals surface area contributed by atoms with E-state index in [9.17, 15) is 9.90 Å². The van der Waals surface area contributed by atoms with Gasteiger partial charge in [0.2, 0.25) is 5.91 Å². The van der Waals surface area contributed by atoms with Crippen LogP contribution in [-0.4, -0.2) is 39.0 Å². The summed E-state index contributed by atoms with van der Waals surface area (Å²) in [6.07, 6.45) is 0.188. The van der Waals surface area contributed by atoms with Crippen LogP contribution in [0.3, 0.4) is 0 Å². The zero-order valence-corrected chi connectivity index (χ0v) is 11.4. The predicted molar refractivity (Wildman–Crippen MR) is 63.7 cm³/mol. The Morgan fingerprint density at radius 3 is 2.69 bits per heavy atom. The smallest absolute Gasteiger partial charge is 0.232 e. The van der Waals surface area contributed by atoms with Gasteiger partial charge in [-0.15, -0.1) is 0 Å². The SMILES string of the molecule is C[C@H](O)[C@@]1(C)N(P)C(=O)[C@@H]2C[C@H](C)O[C@@]21C. The first-order chi connectivity index (χ1) is 7.25. The molecule has 2 aliphatic rings. The zero-order valence-electron chi connectivity index (χ0n) is 10.2. The van der Waals surface area contributed by atoms with Crippen molar-refractivity contribution in [2.24, 2.45) is 5.92 Å². The molecule has 5 heteroatoms. The maximum atomic E-state index is 12.2. The van der Waals surface area contributed by atoms with Gasteiger partial charge in [0.1, 0.15) is 5.60 Å². The molecular formula is C11H20NO3P. The molecule has 92 valence electrons. The number of hydrogen-bond donors (Lipinski definition) is 1. The fourth-order valence-corrected chi connectivity index (χ4v) is 3.82. The first-order valence-corrected chi connectivity index (χ1v) is 6.21. The summed E-state index contributed by atoms with van der Waals surface area (Å²) in [6, 6.07) is 0. The Bertz CT molecular complexity index is 335. The maximum Gasteiger partial charge on any atom is 0.232 e. The van der Waals surface area contributed by atoms with Gasteiger partial charge in [0.15, 0.2) is 0 Å². The minimum Gasteiger partial charge on any atom is -0.391 e. The van der Waals surface area contributed by atoms with E-state index in [0.717, 1.165) is 6.42 Å². The van der Waals surface area contributed by atoms with Crippen LogP contribution in [0.25, 0.3) is 0 Å². The standard InChI is InChI=1S/C11H20NO3P/c1-6-5-8-9(14)12(16)10(3,7(2)13)11(8,4)15-6/h6-8,13H,5,16H2,1-4H3/t6-,7-,8-,10+,11-/m0/s1. The second-order valence-corrected chi connectivity index (χ2v) is 5.87. The van der Waals surface area contributed by atoms with Gasteiger partial charge in [0, 0.05) is 0 Å². The number of carbonyl (C=O) groups is 1. The summed E-state index contributed by atoms with van der Waals surface area (Å²) in [7, 11) is 2.43. The molecule has 16 heavy (non-hydrogen) atoms. The molecule has 0 bridgehead atoms. The highest BCUT2D eigenvalue weighted by atomic mass is 31.0. The van der Waals surface area contributed by atoms with E-state index in [4.69, 9.17) is 4.74 Å². The molecule has 0 aliphatic carbocycles. The van der Waals surface area contributed by atoms with E-state index in [0.29, 0.717) is 0 Å². The number of rotatable bonds is 1. The lowest BCUT2D eigenvalue weighted by Gasteiger charge is -2.45. The highest BCUT2D eigenvalue weighted by molar-refractivity contribution is 7.14. The fourth-order valence-electron chi connectivity index (χ4n) is 3.17. The molecule has 1 amide bonds. The number of carbonyl (C=O) groups excluding carboxylic acids is 1. The average Bonchev–Trinajstić information content (AvgIpc) is 2.56. The lowest BCUT2D eigenvalue weighted by Crippen LogP contribution is -2.60. The summed E-state index contributed by atoms with van der Waals surface area (Å²) in [4.78, 5) is 12.2. The number of aliphatic hydroxyl groups is 1. The molecule has 0 aromatic heterocycles. The summed E-state index contributed by atoms with van der Waals surface area (Å²) < 4.78 is 7.53. The summed E-state index contributed by atoms with van der Waals surface area (Å²) in [5.41, 5.74) is -1.27. The molecule has 0 aromatic carbocycles. The third kappa shape index (κ3) is 1.18. The largest absolute Gasteiger partial charge is 0.391 e. The number of aliphatic hydroxyl groups excluding tert-OH is 1. The van der Waals surface area contributed by atoms with Gasteiger partial charge >= 0.3 is 0 Å². The van der Waals surface area contributed by atoms with Crippen LogP contribution in [0.5, 0.6) is 0 Å². The molecule has 2 aliphatic heterocycles. The van der Waals surface area contributed by atoms with Crippen molar-refractivity contribution in [3.05, 3.63) is 0 Å². The van der Waals surface area contributed by atoms with E-state index in [1.807, 2.05) is 20.8 Å². The average molecular weight is 245 g/mol. The second-order valence-electron chi connectivity index (χ2n) is 5.36. The van der Waals surface area contributed by atoms with Crippen molar-refractivity contribution in [3.8, 4) is 0 Å². The van der Waals surface area contributed by atoms with Crippen molar-refractivity contribution in [1.82, 2.24) is 4.67 Å². The molecule has 1 unspecified atom stereocenters. The Balaban J connectivity index is 2.50. The number of hydrogen-bond acceptors (Lipinski definition) is 3. The van der Waals surface area contributed by atoms with Crippen LogP contribution in [0.1, 0.15) is 34.1 Å². The summed E-state index contributed by atoms with van der Waals surface area (Å²) in [5, 5.41) is 10.0. The van der Waals surface area contributed by atoms with Gasteiger partial charge in [-0.05, 0) is 43.5 Å². The van der Waals surface area contributed by atoms with Gasteiger partial charge in [0.25, 0.3) is 0 Å². The Kier molecular flexibility index (Phi) is 2.62. The van der Waals surface area contributed by atoms with Crippen LogP contribution in [0.15, 0.2) is 0 Å². The highest BCUT2D eigenvalue weighted by Gasteiger charge is 2.68. The molecule has 2 saturated heterocycles. The summed E-state index contributed by atoms with van der Waals surface area (Å²) in [5.74, 6) is -0.0835. The molecule has 0 saturated carbocycles. The summed E-state index contributed by atoms with van der Waals surface area (Å²) >= 11 is 0. The van der Waals surface area contributed by atoms with Gasteiger partial charge in [0.05, 0.1) is 23.7 Å². The van der Waals surface area contributed by atoms with Crippen molar-refractivity contribution >= 4 is 15.3 Å². The molecule has 4 nitrogen and oxygen atoms in total. The normalized spacial score (nSPS) is 49.6. The van der Waals surface area contributed by atoms with Crippen molar-refractivity contribution < 1.29 is 14.6 Å². The molecule has 0 aromatic rings. The van der Waals surface area contributed by atoms with Gasteiger partial charge in [-0.2, -0.15) is 0 Å². The molecule has 1 N–H and O–H groups in total. The highest BCUT2D eigenvalue weighted by Crippen LogP contribution is 2.54. The second kappa shape index (κ2) is 3.41. The third-order valence-electron chi connectivity index (χ3n) is 4.53. The van der Waals surface area contributed by atoms with E-state index < -0.39 is 17.2 Å². The maximum absolute atomic E-state index is 12.2. The number of amides is 1. The van der Waals surface area contributed by atoms with Gasteiger partial charge < -0.3 is 14.5 Å². The monoisotopic (exact) mass is 245 g/mol. The van der Waals surface area contributed by atoms with Crippen molar-refractivity contribution in [2.45, 2.75) is 57.5 Å². The van der Waals surface area contributed by atoms with Crippen molar-refractivity contribution in [3.63, 3.8) is 0 Å². The fraction of sp³-hybridized carbons (Fsp3) is 0.909. The van der Waals surface area contributed by atoms with Gasteiger partial charge in [-0.1, -0.05) is 0 Å². The van der Waals surface area contributed by atoms with Gasteiger partial charge in [-0.25, -0.2) is 0 Å². The Morgan fingerprint density at radius 2 is 2.19 bits per heavy atom. The lowest BCUT2D eigenvalue weighted by molar-refractivity contribution is -0.132. The predicted octanol–water partition coefficient (Wildman–Crippen LogP) is 0.942. The van der Waals surface area contributed by atoms with E-state index >= 15 is 0 Å². The van der Waals surface area contributed by atoms with Crippen LogP contribution >= 0.6 is 9.39 Å². The molecule has 2 fully saturated rings. The van der Waals surface area contributed by atoms with Gasteiger partial charge in [-0.3, -0.25) is 4.79 Å². The molecule has 2 heterocycles. The molecule has 2 rings (SSSR count). The first kappa shape index (κ1) is 12.3. The van der Waals surface area contributed by atoms with Crippen LogP contribution in [0.2, 0.25) is 0 Å². The van der Waals surface area contributed by atoms with E-state index in [1.54, 1.807) is 11.6 Å². The molecule has 0 spiro atoms. The zero-order chi connectivity index (χ0) is 12.3. The minimum absolute atomic E-state index is 0.0558. The molecular weight excluding hydrogens is 225 g/mol. The molecule has 0 radical (unpaired) electrons. The Hall–Kier alpha value is -0.180. The first-order valence-electron chi connectivity index (χ1n) is 5.69.